The maximum absolute atomic E-state index is 12.4. The van der Waals surface area contributed by atoms with Crippen molar-refractivity contribution in [2.75, 3.05) is 12.3 Å². The highest BCUT2D eigenvalue weighted by molar-refractivity contribution is 7.80. The van der Waals surface area contributed by atoms with E-state index in [1.54, 1.807) is 0 Å². The van der Waals surface area contributed by atoms with Crippen LogP contribution in [0.2, 0.25) is 0 Å². The Morgan fingerprint density at radius 2 is 2.17 bits per heavy atom. The van der Waals surface area contributed by atoms with Crippen LogP contribution in [0.5, 0.6) is 0 Å². The summed E-state index contributed by atoms with van der Waals surface area (Å²) in [4.78, 5) is 12.4. The summed E-state index contributed by atoms with van der Waals surface area (Å²) in [6, 6.07) is 0. The molecule has 0 unspecified atom stereocenters. The summed E-state index contributed by atoms with van der Waals surface area (Å²) in [5.74, 6) is 0.882. The fourth-order valence-corrected chi connectivity index (χ4v) is 3.51. The summed E-state index contributed by atoms with van der Waals surface area (Å²) in [6.45, 7) is 3.65. The third-order valence-corrected chi connectivity index (χ3v) is 4.90. The highest BCUT2D eigenvalue weighted by Crippen LogP contribution is 2.33. The predicted molar refractivity (Wildman–Crippen MR) is 97.5 cm³/mol. The topological polar surface area (TPSA) is 75.6 Å². The molecule has 0 saturated heterocycles. The first kappa shape index (κ1) is 17.1. The molecule has 6 nitrogen and oxygen atoms in total. The quantitative estimate of drug-likeness (QED) is 0.507. The molecule has 2 heterocycles. The van der Waals surface area contributed by atoms with Crippen LogP contribution in [0.25, 0.3) is 11.3 Å². The smallest absolute Gasteiger partial charge is 0.269 e. The standard InChI is InChI=1S/C17H25N5OS/c1-2-22-14-8-7-12-15(13(14)11-19-22)20-21-16(12)17(23)18-9-5-3-4-6-10-24/h11,24H,2-10H2,1H3,(H,18,23)(H,20,21). The number of H-pyrrole nitrogens is 1. The van der Waals surface area contributed by atoms with Gasteiger partial charge in [-0.25, -0.2) is 0 Å². The van der Waals surface area contributed by atoms with E-state index in [9.17, 15) is 4.79 Å². The number of hydrogen-bond donors (Lipinski definition) is 3. The number of nitrogens with one attached hydrogen (secondary N) is 2. The third kappa shape index (κ3) is 3.36. The molecule has 1 aliphatic carbocycles. The summed E-state index contributed by atoms with van der Waals surface area (Å²) in [6.07, 6.45) is 8.03. The fraction of sp³-hybridized carbons (Fsp3) is 0.588. The molecule has 3 rings (SSSR count). The Labute approximate surface area is 147 Å². The van der Waals surface area contributed by atoms with Crippen molar-refractivity contribution in [2.24, 2.45) is 0 Å². The molecule has 24 heavy (non-hydrogen) atoms. The van der Waals surface area contributed by atoms with Gasteiger partial charge in [-0.1, -0.05) is 12.8 Å². The zero-order chi connectivity index (χ0) is 16.9. The van der Waals surface area contributed by atoms with Crippen molar-refractivity contribution >= 4 is 18.5 Å². The van der Waals surface area contributed by atoms with E-state index in [4.69, 9.17) is 0 Å². The van der Waals surface area contributed by atoms with Crippen molar-refractivity contribution < 1.29 is 4.79 Å². The van der Waals surface area contributed by atoms with Crippen LogP contribution in [0.4, 0.5) is 0 Å². The number of carbonyl (C=O) groups excluding carboxylic acids is 1. The van der Waals surface area contributed by atoms with Crippen molar-refractivity contribution in [3.8, 4) is 11.3 Å². The maximum atomic E-state index is 12.4. The number of hydrogen-bond acceptors (Lipinski definition) is 4. The van der Waals surface area contributed by atoms with Gasteiger partial charge in [0.2, 0.25) is 0 Å². The number of amides is 1. The van der Waals surface area contributed by atoms with E-state index < -0.39 is 0 Å². The first-order chi connectivity index (χ1) is 11.8. The molecule has 0 bridgehead atoms. The average molecular weight is 347 g/mol. The minimum absolute atomic E-state index is 0.0516. The van der Waals surface area contributed by atoms with Crippen molar-refractivity contribution in [1.82, 2.24) is 25.3 Å². The summed E-state index contributed by atoms with van der Waals surface area (Å²) < 4.78 is 2.01. The minimum atomic E-state index is -0.0516. The number of nitrogens with zero attached hydrogens (tertiary/aromatic N) is 3. The first-order valence-electron chi connectivity index (χ1n) is 8.77. The van der Waals surface area contributed by atoms with E-state index in [-0.39, 0.29) is 5.91 Å². The molecule has 0 fully saturated rings. The lowest BCUT2D eigenvalue weighted by Crippen LogP contribution is -2.26. The Hall–Kier alpha value is -1.76. The predicted octanol–water partition coefficient (Wildman–Crippen LogP) is 2.61. The number of unbranched alkanes of at least 4 members (excludes halogenated alkanes) is 3. The molecule has 0 spiro atoms. The van der Waals surface area contributed by atoms with Crippen LogP contribution >= 0.6 is 12.6 Å². The van der Waals surface area contributed by atoms with Gasteiger partial charge in [0.1, 0.15) is 5.69 Å². The maximum Gasteiger partial charge on any atom is 0.269 e. The number of fused-ring (bicyclic) bond motifs is 3. The highest BCUT2D eigenvalue weighted by Gasteiger charge is 2.27. The van der Waals surface area contributed by atoms with Crippen molar-refractivity contribution in [1.29, 1.82) is 0 Å². The number of aromatic amines is 1. The van der Waals surface area contributed by atoms with Crippen LogP contribution in [0.15, 0.2) is 6.20 Å². The fourth-order valence-electron chi connectivity index (χ4n) is 3.29. The van der Waals surface area contributed by atoms with Gasteiger partial charge in [0, 0.05) is 29.9 Å². The molecule has 0 radical (unpaired) electrons. The lowest BCUT2D eigenvalue weighted by molar-refractivity contribution is 0.0947. The molecule has 0 aromatic carbocycles. The van der Waals surface area contributed by atoms with Crippen LogP contribution in [-0.2, 0) is 19.4 Å². The molecule has 130 valence electrons. The van der Waals surface area contributed by atoms with E-state index in [2.05, 4.69) is 40.2 Å². The van der Waals surface area contributed by atoms with Crippen LogP contribution in [0.1, 0.15) is 54.4 Å². The van der Waals surface area contributed by atoms with Crippen LogP contribution in [-0.4, -0.2) is 38.2 Å². The molecule has 1 amide bonds. The summed E-state index contributed by atoms with van der Waals surface area (Å²) in [5.41, 5.74) is 4.78. The van der Waals surface area contributed by atoms with Crippen molar-refractivity contribution in [2.45, 2.75) is 52.0 Å². The van der Waals surface area contributed by atoms with E-state index in [1.165, 1.54) is 12.1 Å². The second kappa shape index (κ2) is 7.88. The van der Waals surface area contributed by atoms with Gasteiger partial charge in [0.05, 0.1) is 11.9 Å². The van der Waals surface area contributed by atoms with E-state index >= 15 is 0 Å². The Morgan fingerprint density at radius 3 is 2.96 bits per heavy atom. The summed E-state index contributed by atoms with van der Waals surface area (Å²) >= 11 is 4.21. The van der Waals surface area contributed by atoms with Gasteiger partial charge >= 0.3 is 0 Å². The molecule has 2 N–H and O–H groups in total. The lowest BCUT2D eigenvalue weighted by atomic mass is 9.93. The SMILES string of the molecule is CCn1ncc2c1CCc1c-2n[nH]c1C(=O)NCCCCCCS. The number of rotatable bonds is 8. The van der Waals surface area contributed by atoms with Gasteiger partial charge in [-0.3, -0.25) is 14.6 Å². The van der Waals surface area contributed by atoms with Crippen molar-refractivity contribution in [3.05, 3.63) is 23.1 Å². The molecule has 2 aromatic rings. The molecule has 7 heteroatoms. The Kier molecular flexibility index (Phi) is 5.60. The minimum Gasteiger partial charge on any atom is -0.351 e. The van der Waals surface area contributed by atoms with Gasteiger partial charge in [0.25, 0.3) is 5.91 Å². The molecule has 2 aromatic heterocycles. The summed E-state index contributed by atoms with van der Waals surface area (Å²) in [5, 5.41) is 14.7. The van der Waals surface area contributed by atoms with Gasteiger partial charge < -0.3 is 5.32 Å². The highest BCUT2D eigenvalue weighted by atomic mass is 32.1. The second-order valence-corrected chi connectivity index (χ2v) is 6.59. The summed E-state index contributed by atoms with van der Waals surface area (Å²) in [7, 11) is 0. The Morgan fingerprint density at radius 1 is 1.33 bits per heavy atom. The Bertz CT molecular complexity index is 706. The largest absolute Gasteiger partial charge is 0.351 e. The van der Waals surface area contributed by atoms with E-state index in [1.807, 2.05) is 10.9 Å². The van der Waals surface area contributed by atoms with E-state index in [0.29, 0.717) is 12.2 Å². The van der Waals surface area contributed by atoms with Crippen molar-refractivity contribution in [3.63, 3.8) is 0 Å². The van der Waals surface area contributed by atoms with Crippen LogP contribution in [0.3, 0.4) is 0 Å². The van der Waals surface area contributed by atoms with Gasteiger partial charge in [-0.05, 0) is 38.4 Å². The zero-order valence-corrected chi connectivity index (χ0v) is 15.0. The lowest BCUT2D eigenvalue weighted by Gasteiger charge is -2.14. The third-order valence-electron chi connectivity index (χ3n) is 4.58. The molecule has 0 saturated carbocycles. The van der Waals surface area contributed by atoms with Gasteiger partial charge in [-0.15, -0.1) is 0 Å². The first-order valence-corrected chi connectivity index (χ1v) is 9.40. The number of carbonyl (C=O) groups is 1. The number of aromatic nitrogens is 4. The molecular formula is C17H25N5OS. The van der Waals surface area contributed by atoms with Crippen LogP contribution < -0.4 is 5.32 Å². The molecular weight excluding hydrogens is 322 g/mol. The van der Waals surface area contributed by atoms with E-state index in [0.717, 1.165) is 61.2 Å². The average Bonchev–Trinajstić information content (AvgIpc) is 3.20. The second-order valence-electron chi connectivity index (χ2n) is 6.14. The molecule has 0 aliphatic heterocycles. The van der Waals surface area contributed by atoms with Gasteiger partial charge in [0.15, 0.2) is 0 Å². The number of aryl methyl sites for hydroxylation is 1. The Balaban J connectivity index is 1.64. The van der Waals surface area contributed by atoms with Gasteiger partial charge in [-0.2, -0.15) is 22.8 Å². The molecule has 0 atom stereocenters. The molecule has 1 aliphatic rings. The number of thiol groups is 1. The monoisotopic (exact) mass is 347 g/mol. The zero-order valence-electron chi connectivity index (χ0n) is 14.1. The normalized spacial score (nSPS) is 12.8. The van der Waals surface area contributed by atoms with Crippen LogP contribution in [0, 0.1) is 0 Å².